The summed E-state index contributed by atoms with van der Waals surface area (Å²) in [7, 11) is 1.27. The summed E-state index contributed by atoms with van der Waals surface area (Å²) in [6.45, 7) is 0. The fourth-order valence-corrected chi connectivity index (χ4v) is 1.67. The zero-order valence-corrected chi connectivity index (χ0v) is 9.04. The van der Waals surface area contributed by atoms with Gasteiger partial charge in [-0.3, -0.25) is 10.1 Å². The van der Waals surface area contributed by atoms with Crippen molar-refractivity contribution in [2.24, 2.45) is 0 Å². The van der Waals surface area contributed by atoms with Gasteiger partial charge in [-0.15, -0.1) is 11.8 Å². The molecule has 80 valence electrons. The van der Waals surface area contributed by atoms with Crippen molar-refractivity contribution in [2.45, 2.75) is 4.90 Å². The second-order valence-electron chi connectivity index (χ2n) is 2.64. The molecule has 0 aliphatic heterocycles. The topological polar surface area (TPSA) is 69.4 Å². The largest absolute Gasteiger partial charge is 0.465 e. The lowest BCUT2D eigenvalue weighted by molar-refractivity contribution is -0.387. The molecule has 5 nitrogen and oxygen atoms in total. The first kappa shape index (κ1) is 11.5. The van der Waals surface area contributed by atoms with Crippen LogP contribution < -0.4 is 0 Å². The van der Waals surface area contributed by atoms with Gasteiger partial charge in [-0.05, 0) is 18.4 Å². The van der Waals surface area contributed by atoms with Gasteiger partial charge in [0.1, 0.15) is 0 Å². The summed E-state index contributed by atoms with van der Waals surface area (Å²) in [6, 6.07) is 4.14. The van der Waals surface area contributed by atoms with E-state index >= 15 is 0 Å². The number of hydrogen-bond acceptors (Lipinski definition) is 5. The number of esters is 1. The van der Waals surface area contributed by atoms with Crippen LogP contribution in [0.1, 0.15) is 10.4 Å². The van der Waals surface area contributed by atoms with Crippen LogP contribution in [0.5, 0.6) is 0 Å². The minimum atomic E-state index is -0.500. The summed E-state index contributed by atoms with van der Waals surface area (Å²) in [5.41, 5.74) is 0.308. The normalized spacial score (nSPS) is 9.73. The quantitative estimate of drug-likeness (QED) is 0.342. The lowest BCUT2D eigenvalue weighted by Crippen LogP contribution is -2.02. The van der Waals surface area contributed by atoms with Gasteiger partial charge in [-0.25, -0.2) is 4.79 Å². The molecule has 1 rings (SSSR count). The zero-order chi connectivity index (χ0) is 11.4. The van der Waals surface area contributed by atoms with Gasteiger partial charge in [-0.2, -0.15) is 0 Å². The Bertz CT molecular complexity index is 405. The van der Waals surface area contributed by atoms with E-state index in [1.807, 2.05) is 0 Å². The molecule has 6 heteroatoms. The standard InChI is InChI=1S/C9H9NO4S/c1-14-9(11)6-3-4-7(10(12)13)8(5-6)15-2/h3-5H,1-2H3. The molecule has 1 aromatic carbocycles. The van der Waals surface area contributed by atoms with Crippen molar-refractivity contribution in [2.75, 3.05) is 13.4 Å². The molecule has 0 aliphatic carbocycles. The van der Waals surface area contributed by atoms with E-state index in [9.17, 15) is 14.9 Å². The van der Waals surface area contributed by atoms with Crippen molar-refractivity contribution >= 4 is 23.4 Å². The molecule has 0 spiro atoms. The van der Waals surface area contributed by atoms with E-state index < -0.39 is 10.9 Å². The van der Waals surface area contributed by atoms with E-state index in [2.05, 4.69) is 4.74 Å². The Morgan fingerprint density at radius 3 is 2.67 bits per heavy atom. The van der Waals surface area contributed by atoms with Crippen LogP contribution in [-0.2, 0) is 4.74 Å². The molecule has 1 aromatic rings. The number of carbonyl (C=O) groups excluding carboxylic acids is 1. The number of thioether (sulfide) groups is 1. The molecule has 0 bridgehead atoms. The maximum Gasteiger partial charge on any atom is 0.337 e. The maximum absolute atomic E-state index is 11.2. The average molecular weight is 227 g/mol. The Morgan fingerprint density at radius 2 is 2.20 bits per heavy atom. The summed E-state index contributed by atoms with van der Waals surface area (Å²) in [6.07, 6.45) is 1.71. The van der Waals surface area contributed by atoms with Gasteiger partial charge in [-0.1, -0.05) is 0 Å². The van der Waals surface area contributed by atoms with Gasteiger partial charge in [0.05, 0.1) is 22.5 Å². The van der Waals surface area contributed by atoms with Crippen LogP contribution in [-0.4, -0.2) is 24.3 Å². The SMILES string of the molecule is COC(=O)c1ccc([N+](=O)[O-])c(SC)c1. The summed E-state index contributed by atoms with van der Waals surface area (Å²) >= 11 is 1.22. The van der Waals surface area contributed by atoms with Gasteiger partial charge < -0.3 is 4.74 Å². The molecular formula is C9H9NO4S. The molecule has 0 fully saturated rings. The number of carbonyl (C=O) groups is 1. The van der Waals surface area contributed by atoms with E-state index in [1.54, 1.807) is 6.26 Å². The molecule has 0 aromatic heterocycles. The highest BCUT2D eigenvalue weighted by atomic mass is 32.2. The third-order valence-corrected chi connectivity index (χ3v) is 2.56. The van der Waals surface area contributed by atoms with Crippen LogP contribution in [0, 0.1) is 10.1 Å². The van der Waals surface area contributed by atoms with Crippen LogP contribution in [0.3, 0.4) is 0 Å². The van der Waals surface area contributed by atoms with Crippen LogP contribution in [0.4, 0.5) is 5.69 Å². The van der Waals surface area contributed by atoms with E-state index in [0.717, 1.165) is 0 Å². The van der Waals surface area contributed by atoms with Gasteiger partial charge in [0, 0.05) is 6.07 Å². The minimum absolute atomic E-state index is 0.00449. The number of hydrogen-bond donors (Lipinski definition) is 0. The number of nitro groups is 1. The molecule has 0 saturated heterocycles. The van der Waals surface area contributed by atoms with Crippen molar-refractivity contribution in [3.63, 3.8) is 0 Å². The summed E-state index contributed by atoms with van der Waals surface area (Å²) in [4.78, 5) is 21.7. The van der Waals surface area contributed by atoms with Gasteiger partial charge >= 0.3 is 5.97 Å². The summed E-state index contributed by atoms with van der Waals surface area (Å²) in [5, 5.41) is 10.6. The molecule has 0 heterocycles. The average Bonchev–Trinajstić information content (AvgIpc) is 2.26. The molecule has 0 unspecified atom stereocenters. The lowest BCUT2D eigenvalue weighted by Gasteiger charge is -2.02. The molecule has 0 atom stereocenters. The van der Waals surface area contributed by atoms with Crippen LogP contribution in [0.2, 0.25) is 0 Å². The maximum atomic E-state index is 11.2. The Kier molecular flexibility index (Phi) is 3.68. The third-order valence-electron chi connectivity index (χ3n) is 1.80. The number of methoxy groups -OCH3 is 1. The van der Waals surface area contributed by atoms with E-state index in [-0.39, 0.29) is 5.69 Å². The Morgan fingerprint density at radius 1 is 1.53 bits per heavy atom. The Hall–Kier alpha value is -1.56. The van der Waals surface area contributed by atoms with Crippen LogP contribution in [0.25, 0.3) is 0 Å². The second-order valence-corrected chi connectivity index (χ2v) is 3.48. The highest BCUT2D eigenvalue weighted by Gasteiger charge is 2.16. The minimum Gasteiger partial charge on any atom is -0.465 e. The zero-order valence-electron chi connectivity index (χ0n) is 8.22. The summed E-state index contributed by atoms with van der Waals surface area (Å²) < 4.78 is 4.52. The molecular weight excluding hydrogens is 218 g/mol. The highest BCUT2D eigenvalue weighted by Crippen LogP contribution is 2.28. The van der Waals surface area contributed by atoms with Crippen molar-refractivity contribution in [1.29, 1.82) is 0 Å². The number of nitro benzene ring substituents is 1. The Labute approximate surface area is 90.6 Å². The smallest absolute Gasteiger partial charge is 0.337 e. The van der Waals surface area contributed by atoms with Crippen molar-refractivity contribution in [3.05, 3.63) is 33.9 Å². The molecule has 0 aliphatic rings. The van der Waals surface area contributed by atoms with Gasteiger partial charge in [0.15, 0.2) is 0 Å². The lowest BCUT2D eigenvalue weighted by atomic mass is 10.2. The molecule has 0 saturated carbocycles. The van der Waals surface area contributed by atoms with Crippen LogP contribution >= 0.6 is 11.8 Å². The van der Waals surface area contributed by atoms with E-state index in [1.165, 1.54) is 37.1 Å². The predicted octanol–water partition coefficient (Wildman–Crippen LogP) is 2.10. The first-order chi connectivity index (χ1) is 7.10. The molecule has 0 amide bonds. The third kappa shape index (κ3) is 2.47. The first-order valence-corrected chi connectivity index (χ1v) is 5.23. The second kappa shape index (κ2) is 4.79. The number of nitrogens with zero attached hydrogens (tertiary/aromatic N) is 1. The fraction of sp³-hybridized carbons (Fsp3) is 0.222. The summed E-state index contributed by atoms with van der Waals surface area (Å²) in [5.74, 6) is -0.500. The molecule has 15 heavy (non-hydrogen) atoms. The monoisotopic (exact) mass is 227 g/mol. The number of rotatable bonds is 3. The molecule has 0 radical (unpaired) electrons. The predicted molar refractivity (Wildman–Crippen MR) is 56.2 cm³/mol. The van der Waals surface area contributed by atoms with Gasteiger partial charge in [0.2, 0.25) is 0 Å². The van der Waals surface area contributed by atoms with Crippen molar-refractivity contribution in [1.82, 2.24) is 0 Å². The van der Waals surface area contributed by atoms with Crippen LogP contribution in [0.15, 0.2) is 23.1 Å². The highest BCUT2D eigenvalue weighted by molar-refractivity contribution is 7.98. The Balaban J connectivity index is 3.19. The van der Waals surface area contributed by atoms with E-state index in [4.69, 9.17) is 0 Å². The van der Waals surface area contributed by atoms with E-state index in [0.29, 0.717) is 10.5 Å². The first-order valence-electron chi connectivity index (χ1n) is 4.01. The van der Waals surface area contributed by atoms with Crippen molar-refractivity contribution < 1.29 is 14.5 Å². The fourth-order valence-electron chi connectivity index (χ4n) is 1.07. The van der Waals surface area contributed by atoms with Gasteiger partial charge in [0.25, 0.3) is 5.69 Å². The molecule has 0 N–H and O–H groups in total. The number of benzene rings is 1. The van der Waals surface area contributed by atoms with Crippen molar-refractivity contribution in [3.8, 4) is 0 Å². The number of ether oxygens (including phenoxy) is 1.